The molecule has 3 heterocycles. The number of nitrogens with one attached hydrogen (secondary N) is 1. The number of thiazole rings is 1. The summed E-state index contributed by atoms with van der Waals surface area (Å²) in [6.45, 7) is 1.96. The number of aromatic amines is 1. The largest absolute Gasteiger partial charge is 0.457 e. The number of hydrogen-bond acceptors (Lipinski definition) is 6. The molecule has 4 aromatic rings. The Labute approximate surface area is 209 Å². The van der Waals surface area contributed by atoms with Crippen LogP contribution < -0.4 is 14.5 Å². The van der Waals surface area contributed by atoms with Crippen LogP contribution in [0.4, 0.5) is 5.69 Å². The summed E-state index contributed by atoms with van der Waals surface area (Å²) in [5.41, 5.74) is 2.45. The molecule has 2 unspecified atom stereocenters. The fourth-order valence-electron chi connectivity index (χ4n) is 4.72. The van der Waals surface area contributed by atoms with E-state index in [0.29, 0.717) is 22.2 Å². The highest BCUT2D eigenvalue weighted by molar-refractivity contribution is 8.00. The fourth-order valence-corrected chi connectivity index (χ4v) is 7.24. The third kappa shape index (κ3) is 3.79. The van der Waals surface area contributed by atoms with Crippen molar-refractivity contribution in [1.82, 2.24) is 4.98 Å². The summed E-state index contributed by atoms with van der Waals surface area (Å²) in [6.07, 6.45) is 0. The molecule has 0 aliphatic carbocycles. The van der Waals surface area contributed by atoms with Crippen LogP contribution in [-0.4, -0.2) is 22.0 Å². The van der Waals surface area contributed by atoms with Gasteiger partial charge in [0.2, 0.25) is 11.8 Å². The number of benzene rings is 3. The summed E-state index contributed by atoms with van der Waals surface area (Å²) >= 11 is 2.38. The Balaban J connectivity index is 1.43. The number of H-pyrrole nitrogens is 1. The monoisotopic (exact) mass is 500 g/mol. The van der Waals surface area contributed by atoms with Gasteiger partial charge in [-0.25, -0.2) is 4.90 Å². The van der Waals surface area contributed by atoms with E-state index in [9.17, 15) is 14.4 Å². The molecule has 174 valence electrons. The molecule has 6 nitrogen and oxygen atoms in total. The van der Waals surface area contributed by atoms with E-state index in [2.05, 4.69) is 4.98 Å². The lowest BCUT2D eigenvalue weighted by Crippen LogP contribution is -2.32. The Kier molecular flexibility index (Phi) is 5.35. The Bertz CT molecular complexity index is 1490. The highest BCUT2D eigenvalue weighted by Crippen LogP contribution is 2.53. The molecular weight excluding hydrogens is 480 g/mol. The number of rotatable bonds is 4. The number of aromatic nitrogens is 1. The third-order valence-electron chi connectivity index (χ3n) is 6.31. The Hall–Kier alpha value is -3.62. The molecule has 1 fully saturated rings. The van der Waals surface area contributed by atoms with E-state index in [0.717, 1.165) is 27.3 Å². The molecule has 0 saturated carbocycles. The summed E-state index contributed by atoms with van der Waals surface area (Å²) in [5.74, 6) is -0.243. The zero-order chi connectivity index (χ0) is 24.1. The minimum Gasteiger partial charge on any atom is -0.457 e. The SMILES string of the molecule is Cc1ccc(N2C(=O)C3Sc4[nH]c(=O)sc4[C@H](c4cccc(Oc5ccccc5)c4)C3C2=O)cc1. The maximum atomic E-state index is 13.8. The van der Waals surface area contributed by atoms with Gasteiger partial charge in [0, 0.05) is 10.8 Å². The van der Waals surface area contributed by atoms with Crippen molar-refractivity contribution in [3.8, 4) is 11.5 Å². The average Bonchev–Trinajstić information content (AvgIpc) is 3.35. The van der Waals surface area contributed by atoms with Crippen LogP contribution in [0.15, 0.2) is 88.7 Å². The number of hydrogen-bond donors (Lipinski definition) is 1. The van der Waals surface area contributed by atoms with Crippen molar-refractivity contribution in [2.24, 2.45) is 5.92 Å². The van der Waals surface area contributed by atoms with E-state index in [1.165, 1.54) is 16.7 Å². The van der Waals surface area contributed by atoms with Crippen LogP contribution in [0.5, 0.6) is 11.5 Å². The predicted octanol–water partition coefficient (Wildman–Crippen LogP) is 5.33. The highest BCUT2D eigenvalue weighted by atomic mass is 32.2. The van der Waals surface area contributed by atoms with E-state index >= 15 is 0 Å². The molecule has 0 bridgehead atoms. The number of imide groups is 1. The number of fused-ring (bicyclic) bond motifs is 2. The van der Waals surface area contributed by atoms with Gasteiger partial charge in [-0.2, -0.15) is 0 Å². The molecule has 6 rings (SSSR count). The number of carbonyl (C=O) groups is 2. The first-order chi connectivity index (χ1) is 17.0. The van der Waals surface area contributed by atoms with Crippen molar-refractivity contribution >= 4 is 40.6 Å². The molecule has 35 heavy (non-hydrogen) atoms. The maximum Gasteiger partial charge on any atom is 0.305 e. The highest BCUT2D eigenvalue weighted by Gasteiger charge is 2.56. The number of para-hydroxylation sites is 1. The maximum absolute atomic E-state index is 13.8. The molecule has 1 saturated heterocycles. The minimum absolute atomic E-state index is 0.195. The van der Waals surface area contributed by atoms with Crippen molar-refractivity contribution < 1.29 is 14.3 Å². The smallest absolute Gasteiger partial charge is 0.305 e. The van der Waals surface area contributed by atoms with Gasteiger partial charge in [0.15, 0.2) is 0 Å². The topological polar surface area (TPSA) is 79.5 Å². The molecule has 2 aliphatic rings. The number of nitrogens with zero attached hydrogens (tertiary/aromatic N) is 1. The molecule has 3 atom stereocenters. The number of aryl methyl sites for hydroxylation is 1. The lowest BCUT2D eigenvalue weighted by Gasteiger charge is -2.30. The zero-order valence-electron chi connectivity index (χ0n) is 18.6. The molecular formula is C27H20N2O4S2. The lowest BCUT2D eigenvalue weighted by atomic mass is 9.83. The Morgan fingerprint density at radius 3 is 2.37 bits per heavy atom. The van der Waals surface area contributed by atoms with Crippen LogP contribution in [0.25, 0.3) is 0 Å². The number of amides is 2. The lowest BCUT2D eigenvalue weighted by molar-refractivity contribution is -0.122. The molecule has 1 N–H and O–H groups in total. The van der Waals surface area contributed by atoms with E-state index < -0.39 is 17.1 Å². The molecule has 2 amide bonds. The van der Waals surface area contributed by atoms with Gasteiger partial charge >= 0.3 is 4.87 Å². The predicted molar refractivity (Wildman–Crippen MR) is 137 cm³/mol. The van der Waals surface area contributed by atoms with Gasteiger partial charge in [-0.15, -0.1) is 0 Å². The quantitative estimate of drug-likeness (QED) is 0.383. The van der Waals surface area contributed by atoms with Crippen LogP contribution in [0, 0.1) is 12.8 Å². The van der Waals surface area contributed by atoms with Gasteiger partial charge in [-0.1, -0.05) is 71.1 Å². The second-order valence-electron chi connectivity index (χ2n) is 8.58. The van der Waals surface area contributed by atoms with Crippen LogP contribution in [0.2, 0.25) is 0 Å². The second kappa shape index (κ2) is 8.55. The normalized spacial score (nSPS) is 21.1. The first kappa shape index (κ1) is 21.9. The van der Waals surface area contributed by atoms with Gasteiger partial charge in [0.05, 0.1) is 16.6 Å². The standard InChI is InChI=1S/C27H20N2O4S2/c1-15-10-12-17(13-11-15)29-25(30)21-20(22-24(28-27(32)35-22)34-23(21)26(29)31)16-6-5-9-19(14-16)33-18-7-3-2-4-8-18/h2-14,20-21,23H,1H3,(H,28,32)/t20-,21?,23?/m1/s1. The summed E-state index contributed by atoms with van der Waals surface area (Å²) in [5, 5.41) is 0.0396. The van der Waals surface area contributed by atoms with Crippen molar-refractivity contribution in [1.29, 1.82) is 0 Å². The Morgan fingerprint density at radius 1 is 0.857 bits per heavy atom. The van der Waals surface area contributed by atoms with Crippen molar-refractivity contribution in [2.75, 3.05) is 4.90 Å². The van der Waals surface area contributed by atoms with Crippen LogP contribution in [0.1, 0.15) is 21.9 Å². The molecule has 3 aromatic carbocycles. The van der Waals surface area contributed by atoms with Gasteiger partial charge in [-0.05, 0) is 48.9 Å². The summed E-state index contributed by atoms with van der Waals surface area (Å²) < 4.78 is 6.03. The first-order valence-electron chi connectivity index (χ1n) is 11.2. The average molecular weight is 501 g/mol. The van der Waals surface area contributed by atoms with E-state index in [1.807, 2.05) is 73.7 Å². The molecule has 8 heteroatoms. The molecule has 1 aromatic heterocycles. The fraction of sp³-hybridized carbons (Fsp3) is 0.148. The zero-order valence-corrected chi connectivity index (χ0v) is 20.3. The van der Waals surface area contributed by atoms with Crippen molar-refractivity contribution in [3.05, 3.63) is 105 Å². The summed E-state index contributed by atoms with van der Waals surface area (Å²) in [4.78, 5) is 44.3. The number of ether oxygens (including phenoxy) is 1. The molecule has 2 aliphatic heterocycles. The van der Waals surface area contributed by atoms with Gasteiger partial charge in [-0.3, -0.25) is 14.4 Å². The van der Waals surface area contributed by atoms with Gasteiger partial charge in [0.25, 0.3) is 0 Å². The first-order valence-corrected chi connectivity index (χ1v) is 12.9. The second-order valence-corrected chi connectivity index (χ2v) is 10.8. The van der Waals surface area contributed by atoms with Gasteiger partial charge in [0.1, 0.15) is 16.7 Å². The summed E-state index contributed by atoms with van der Waals surface area (Å²) in [6, 6.07) is 24.4. The van der Waals surface area contributed by atoms with E-state index in [4.69, 9.17) is 4.74 Å². The summed E-state index contributed by atoms with van der Waals surface area (Å²) in [7, 11) is 0. The molecule has 0 spiro atoms. The van der Waals surface area contributed by atoms with E-state index in [1.54, 1.807) is 12.1 Å². The van der Waals surface area contributed by atoms with Crippen molar-refractivity contribution in [2.45, 2.75) is 23.1 Å². The van der Waals surface area contributed by atoms with Gasteiger partial charge < -0.3 is 9.72 Å². The third-order valence-corrected chi connectivity index (χ3v) is 8.71. The number of thioether (sulfide) groups is 1. The van der Waals surface area contributed by atoms with Crippen LogP contribution >= 0.6 is 23.1 Å². The Morgan fingerprint density at radius 2 is 1.60 bits per heavy atom. The minimum atomic E-state index is -0.625. The van der Waals surface area contributed by atoms with Crippen LogP contribution in [-0.2, 0) is 9.59 Å². The number of carbonyl (C=O) groups excluding carboxylic acids is 2. The van der Waals surface area contributed by atoms with E-state index in [-0.39, 0.29) is 16.7 Å². The number of anilines is 1. The van der Waals surface area contributed by atoms with Crippen LogP contribution in [0.3, 0.4) is 0 Å². The molecule has 0 radical (unpaired) electrons. The van der Waals surface area contributed by atoms with Crippen molar-refractivity contribution in [3.63, 3.8) is 0 Å².